The zero-order chi connectivity index (χ0) is 16.7. The first-order valence-corrected chi connectivity index (χ1v) is 8.46. The lowest BCUT2D eigenvalue weighted by atomic mass is 10.1. The molecule has 1 fully saturated rings. The summed E-state index contributed by atoms with van der Waals surface area (Å²) in [5.41, 5.74) is 3.68. The van der Waals surface area contributed by atoms with Crippen LogP contribution in [0.15, 0.2) is 48.5 Å². The molecule has 1 N–H and O–H groups in total. The standard InChI is InChI=1S/C19H19N3OS/c1-12-3-5-13(6-4-12)16-11-17(16)18-20-21-19(24)22(18)14-7-9-15(23-2)10-8-14/h3-10,16-17H,11H2,1-2H3,(H,21,24). The topological polar surface area (TPSA) is 42.8 Å². The van der Waals surface area contributed by atoms with Crippen molar-refractivity contribution in [2.24, 2.45) is 0 Å². The van der Waals surface area contributed by atoms with Gasteiger partial charge in [0.15, 0.2) is 4.77 Å². The number of aromatic nitrogens is 3. The van der Waals surface area contributed by atoms with Crippen molar-refractivity contribution in [2.45, 2.75) is 25.2 Å². The number of H-pyrrole nitrogens is 1. The molecule has 0 spiro atoms. The fraction of sp³-hybridized carbons (Fsp3) is 0.263. The van der Waals surface area contributed by atoms with E-state index >= 15 is 0 Å². The number of nitrogens with one attached hydrogen (secondary N) is 1. The van der Waals surface area contributed by atoms with Gasteiger partial charge in [-0.25, -0.2) is 0 Å². The first-order chi connectivity index (χ1) is 11.7. The van der Waals surface area contributed by atoms with Crippen LogP contribution < -0.4 is 4.74 Å². The third-order valence-corrected chi connectivity index (χ3v) is 4.93. The van der Waals surface area contributed by atoms with Gasteiger partial charge in [-0.1, -0.05) is 29.8 Å². The zero-order valence-corrected chi connectivity index (χ0v) is 14.5. The quantitative estimate of drug-likeness (QED) is 0.712. The molecular weight excluding hydrogens is 318 g/mol. The Kier molecular flexibility index (Phi) is 3.73. The van der Waals surface area contributed by atoms with E-state index in [9.17, 15) is 0 Å². The van der Waals surface area contributed by atoms with Crippen LogP contribution in [0, 0.1) is 11.7 Å². The zero-order valence-electron chi connectivity index (χ0n) is 13.7. The number of hydrogen-bond acceptors (Lipinski definition) is 3. The Morgan fingerprint density at radius 1 is 1.08 bits per heavy atom. The van der Waals surface area contributed by atoms with Crippen molar-refractivity contribution in [3.8, 4) is 11.4 Å². The van der Waals surface area contributed by atoms with Gasteiger partial charge in [-0.3, -0.25) is 9.67 Å². The van der Waals surface area contributed by atoms with Crippen LogP contribution >= 0.6 is 12.2 Å². The van der Waals surface area contributed by atoms with Gasteiger partial charge in [-0.2, -0.15) is 5.10 Å². The molecule has 1 heterocycles. The van der Waals surface area contributed by atoms with E-state index < -0.39 is 0 Å². The number of aryl methyl sites for hydroxylation is 1. The fourth-order valence-corrected chi connectivity index (χ4v) is 3.45. The molecule has 1 saturated carbocycles. The normalized spacial score (nSPS) is 19.2. The number of benzene rings is 2. The van der Waals surface area contributed by atoms with Gasteiger partial charge in [0.05, 0.1) is 7.11 Å². The van der Waals surface area contributed by atoms with Crippen LogP contribution in [0.4, 0.5) is 0 Å². The predicted molar refractivity (Wildman–Crippen MR) is 96.6 cm³/mol. The average Bonchev–Trinajstić information content (AvgIpc) is 3.31. The second-order valence-electron chi connectivity index (χ2n) is 6.28. The minimum absolute atomic E-state index is 0.405. The van der Waals surface area contributed by atoms with Gasteiger partial charge in [0.25, 0.3) is 0 Å². The Morgan fingerprint density at radius 2 is 1.79 bits per heavy atom. The lowest BCUT2D eigenvalue weighted by Gasteiger charge is -2.08. The van der Waals surface area contributed by atoms with E-state index in [4.69, 9.17) is 17.0 Å². The molecule has 1 aliphatic carbocycles. The number of hydrogen-bond donors (Lipinski definition) is 1. The molecule has 5 heteroatoms. The molecule has 4 nitrogen and oxygen atoms in total. The molecule has 0 aliphatic heterocycles. The number of methoxy groups -OCH3 is 1. The van der Waals surface area contributed by atoms with Crippen molar-refractivity contribution in [3.05, 3.63) is 70.3 Å². The molecule has 0 radical (unpaired) electrons. The average molecular weight is 337 g/mol. The van der Waals surface area contributed by atoms with Crippen molar-refractivity contribution in [2.75, 3.05) is 7.11 Å². The maximum Gasteiger partial charge on any atom is 0.199 e. The van der Waals surface area contributed by atoms with Gasteiger partial charge in [0, 0.05) is 11.6 Å². The highest BCUT2D eigenvalue weighted by atomic mass is 32.1. The molecule has 2 aromatic carbocycles. The molecule has 122 valence electrons. The van der Waals surface area contributed by atoms with Crippen molar-refractivity contribution in [1.29, 1.82) is 0 Å². The molecule has 1 aromatic heterocycles. The highest BCUT2D eigenvalue weighted by Crippen LogP contribution is 2.54. The predicted octanol–water partition coefficient (Wildman–Crippen LogP) is 4.52. The maximum absolute atomic E-state index is 5.45. The van der Waals surface area contributed by atoms with Crippen LogP contribution in [0.5, 0.6) is 5.75 Å². The monoisotopic (exact) mass is 337 g/mol. The van der Waals surface area contributed by atoms with E-state index in [0.717, 1.165) is 23.7 Å². The van der Waals surface area contributed by atoms with E-state index in [1.54, 1.807) is 7.11 Å². The van der Waals surface area contributed by atoms with E-state index in [-0.39, 0.29) is 0 Å². The van der Waals surface area contributed by atoms with Crippen molar-refractivity contribution < 1.29 is 4.74 Å². The molecule has 2 atom stereocenters. The summed E-state index contributed by atoms with van der Waals surface area (Å²) >= 11 is 5.45. The summed E-state index contributed by atoms with van der Waals surface area (Å²) in [5.74, 6) is 2.77. The Labute approximate surface area is 146 Å². The largest absolute Gasteiger partial charge is 0.497 e. The Morgan fingerprint density at radius 3 is 2.46 bits per heavy atom. The van der Waals surface area contributed by atoms with Crippen LogP contribution in [0.3, 0.4) is 0 Å². The van der Waals surface area contributed by atoms with Gasteiger partial charge in [0.1, 0.15) is 11.6 Å². The van der Waals surface area contributed by atoms with E-state index in [2.05, 4.69) is 41.4 Å². The van der Waals surface area contributed by atoms with Crippen LogP contribution in [0.25, 0.3) is 5.69 Å². The highest BCUT2D eigenvalue weighted by Gasteiger charge is 2.43. The summed E-state index contributed by atoms with van der Waals surface area (Å²) in [4.78, 5) is 0. The third kappa shape index (κ3) is 2.65. The smallest absolute Gasteiger partial charge is 0.199 e. The second kappa shape index (κ2) is 5.91. The van der Waals surface area contributed by atoms with Gasteiger partial charge in [0.2, 0.25) is 0 Å². The third-order valence-electron chi connectivity index (χ3n) is 4.66. The first-order valence-electron chi connectivity index (χ1n) is 8.05. The summed E-state index contributed by atoms with van der Waals surface area (Å²) in [6, 6.07) is 16.7. The van der Waals surface area contributed by atoms with Gasteiger partial charge in [-0.15, -0.1) is 0 Å². The molecule has 1 aliphatic rings. The molecule has 2 unspecified atom stereocenters. The minimum atomic E-state index is 0.405. The Balaban J connectivity index is 1.66. The Hall–Kier alpha value is -2.40. The maximum atomic E-state index is 5.45. The van der Waals surface area contributed by atoms with Crippen molar-refractivity contribution in [1.82, 2.24) is 14.8 Å². The molecule has 3 aromatic rings. The van der Waals surface area contributed by atoms with Crippen molar-refractivity contribution >= 4 is 12.2 Å². The molecule has 0 amide bonds. The summed E-state index contributed by atoms with van der Waals surface area (Å²) in [5, 5.41) is 7.46. The molecule has 24 heavy (non-hydrogen) atoms. The minimum Gasteiger partial charge on any atom is -0.497 e. The summed E-state index contributed by atoms with van der Waals surface area (Å²) in [6.07, 6.45) is 1.11. The SMILES string of the molecule is COc1ccc(-n2c(C3CC3c3ccc(C)cc3)n[nH]c2=S)cc1. The highest BCUT2D eigenvalue weighted by molar-refractivity contribution is 7.71. The Bertz CT molecular complexity index is 909. The van der Waals surface area contributed by atoms with Gasteiger partial charge in [-0.05, 0) is 61.3 Å². The fourth-order valence-electron chi connectivity index (χ4n) is 3.20. The molecule has 4 rings (SSSR count). The van der Waals surface area contributed by atoms with Crippen LogP contribution in [-0.4, -0.2) is 21.9 Å². The number of rotatable bonds is 4. The number of nitrogens with zero attached hydrogens (tertiary/aromatic N) is 2. The second-order valence-corrected chi connectivity index (χ2v) is 6.67. The number of aromatic amines is 1. The first kappa shape index (κ1) is 15.1. The molecule has 0 saturated heterocycles. The van der Waals surface area contributed by atoms with E-state index in [0.29, 0.717) is 16.6 Å². The number of ether oxygens (including phenoxy) is 1. The van der Waals surface area contributed by atoms with Crippen LogP contribution in [0.1, 0.15) is 35.2 Å². The van der Waals surface area contributed by atoms with E-state index in [1.807, 2.05) is 28.8 Å². The summed E-state index contributed by atoms with van der Waals surface area (Å²) < 4.78 is 7.90. The lowest BCUT2D eigenvalue weighted by Crippen LogP contribution is -2.01. The van der Waals surface area contributed by atoms with Crippen molar-refractivity contribution in [3.63, 3.8) is 0 Å². The lowest BCUT2D eigenvalue weighted by molar-refractivity contribution is 0.414. The molecular formula is C19H19N3OS. The molecule has 0 bridgehead atoms. The van der Waals surface area contributed by atoms with Gasteiger partial charge < -0.3 is 4.74 Å². The summed E-state index contributed by atoms with van der Waals surface area (Å²) in [6.45, 7) is 2.11. The summed E-state index contributed by atoms with van der Waals surface area (Å²) in [7, 11) is 1.67. The van der Waals surface area contributed by atoms with E-state index in [1.165, 1.54) is 11.1 Å². The van der Waals surface area contributed by atoms with Gasteiger partial charge >= 0.3 is 0 Å². The van der Waals surface area contributed by atoms with Crippen LogP contribution in [0.2, 0.25) is 0 Å². The van der Waals surface area contributed by atoms with Crippen LogP contribution in [-0.2, 0) is 0 Å².